The Hall–Kier alpha value is -2.14. The fourth-order valence-electron chi connectivity index (χ4n) is 1.46. The summed E-state index contributed by atoms with van der Waals surface area (Å²) in [6.45, 7) is 0. The molecule has 0 saturated heterocycles. The highest BCUT2D eigenvalue weighted by molar-refractivity contribution is 7.95. The van der Waals surface area contributed by atoms with Crippen molar-refractivity contribution in [2.75, 3.05) is 4.72 Å². The lowest BCUT2D eigenvalue weighted by Crippen LogP contribution is -2.09. The molecule has 0 fully saturated rings. The van der Waals surface area contributed by atoms with Gasteiger partial charge in [0, 0.05) is 0 Å². The Morgan fingerprint density at radius 3 is 2.26 bits per heavy atom. The summed E-state index contributed by atoms with van der Waals surface area (Å²) in [6, 6.07) is 14.6. The quantitative estimate of drug-likeness (QED) is 0.932. The topological polar surface area (TPSA) is 46.2 Å². The summed E-state index contributed by atoms with van der Waals surface area (Å²) in [7, 11) is -3.73. The van der Waals surface area contributed by atoms with Crippen LogP contribution in [0, 0.1) is 5.82 Å². The molecule has 2 aromatic carbocycles. The standard InChI is InChI=1S/C14H12FNO2S/c15-13-8-4-5-9-14(13)16-19(17,18)11-10-12-6-2-1-3-7-12/h1-11,16H/b11-10+. The van der Waals surface area contributed by atoms with Crippen molar-refractivity contribution in [1.82, 2.24) is 0 Å². The van der Waals surface area contributed by atoms with Crippen molar-refractivity contribution in [3.05, 3.63) is 71.4 Å². The molecule has 0 saturated carbocycles. The Morgan fingerprint density at radius 1 is 0.947 bits per heavy atom. The number of rotatable bonds is 4. The van der Waals surface area contributed by atoms with Crippen LogP contribution in [-0.4, -0.2) is 8.42 Å². The molecule has 0 aromatic heterocycles. The van der Waals surface area contributed by atoms with Crippen molar-refractivity contribution in [1.29, 1.82) is 0 Å². The highest BCUT2D eigenvalue weighted by Crippen LogP contribution is 2.15. The largest absolute Gasteiger partial charge is 0.277 e. The number of halogens is 1. The maximum absolute atomic E-state index is 13.3. The van der Waals surface area contributed by atoms with Crippen molar-refractivity contribution >= 4 is 21.8 Å². The lowest BCUT2D eigenvalue weighted by molar-refractivity contribution is 0.606. The summed E-state index contributed by atoms with van der Waals surface area (Å²) in [5.41, 5.74) is 0.682. The lowest BCUT2D eigenvalue weighted by atomic mass is 10.2. The number of benzene rings is 2. The Kier molecular flexibility index (Phi) is 3.97. The summed E-state index contributed by atoms with van der Waals surface area (Å²) < 4.78 is 39.0. The third-order valence-corrected chi connectivity index (χ3v) is 3.36. The monoisotopic (exact) mass is 277 g/mol. The molecule has 0 unspecified atom stereocenters. The van der Waals surface area contributed by atoms with Crippen LogP contribution in [0.1, 0.15) is 5.56 Å². The molecule has 19 heavy (non-hydrogen) atoms. The summed E-state index contributed by atoms with van der Waals surface area (Å²) >= 11 is 0. The van der Waals surface area contributed by atoms with E-state index in [1.165, 1.54) is 24.3 Å². The third kappa shape index (κ3) is 3.93. The molecule has 0 aliphatic carbocycles. The van der Waals surface area contributed by atoms with Crippen LogP contribution >= 0.6 is 0 Å². The van der Waals surface area contributed by atoms with Gasteiger partial charge in [0.1, 0.15) is 5.82 Å². The molecule has 0 aliphatic rings. The molecule has 0 bridgehead atoms. The first kappa shape index (κ1) is 13.3. The zero-order valence-corrected chi connectivity index (χ0v) is 10.8. The van der Waals surface area contributed by atoms with E-state index < -0.39 is 15.8 Å². The van der Waals surface area contributed by atoms with Crippen molar-refractivity contribution in [3.63, 3.8) is 0 Å². The number of nitrogens with one attached hydrogen (secondary N) is 1. The van der Waals surface area contributed by atoms with E-state index in [1.807, 2.05) is 6.07 Å². The van der Waals surface area contributed by atoms with Crippen LogP contribution in [0.3, 0.4) is 0 Å². The Morgan fingerprint density at radius 2 is 1.58 bits per heavy atom. The van der Waals surface area contributed by atoms with Crippen LogP contribution in [0.5, 0.6) is 0 Å². The highest BCUT2D eigenvalue weighted by Gasteiger charge is 2.08. The van der Waals surface area contributed by atoms with E-state index >= 15 is 0 Å². The molecule has 0 aliphatic heterocycles. The van der Waals surface area contributed by atoms with Crippen LogP contribution in [-0.2, 0) is 10.0 Å². The molecular formula is C14H12FNO2S. The Labute approximate surface area is 111 Å². The second-order valence-corrected chi connectivity index (χ2v) is 5.41. The Balaban J connectivity index is 2.16. The molecule has 98 valence electrons. The summed E-state index contributed by atoms with van der Waals surface area (Å²) in [6.07, 6.45) is 1.45. The predicted molar refractivity (Wildman–Crippen MR) is 74.4 cm³/mol. The SMILES string of the molecule is O=S(=O)(/C=C/c1ccccc1)Nc1ccccc1F. The summed E-state index contributed by atoms with van der Waals surface area (Å²) in [5.74, 6) is -0.612. The van der Waals surface area contributed by atoms with E-state index in [1.54, 1.807) is 30.3 Å². The van der Waals surface area contributed by atoms with Crippen LogP contribution in [0.2, 0.25) is 0 Å². The lowest BCUT2D eigenvalue weighted by Gasteiger charge is -2.04. The molecular weight excluding hydrogens is 265 g/mol. The second kappa shape index (κ2) is 5.67. The number of anilines is 1. The maximum Gasteiger partial charge on any atom is 0.255 e. The first-order chi connectivity index (χ1) is 9.07. The molecule has 2 rings (SSSR count). The van der Waals surface area contributed by atoms with Gasteiger partial charge in [0.15, 0.2) is 0 Å². The van der Waals surface area contributed by atoms with E-state index in [9.17, 15) is 12.8 Å². The van der Waals surface area contributed by atoms with Crippen LogP contribution < -0.4 is 4.72 Å². The molecule has 2 aromatic rings. The van der Waals surface area contributed by atoms with Crippen molar-refractivity contribution in [3.8, 4) is 0 Å². The normalized spacial score (nSPS) is 11.6. The third-order valence-electron chi connectivity index (χ3n) is 2.37. The first-order valence-corrected chi connectivity index (χ1v) is 7.12. The molecule has 0 radical (unpaired) electrons. The number of hydrogen-bond acceptors (Lipinski definition) is 2. The van der Waals surface area contributed by atoms with Crippen molar-refractivity contribution in [2.24, 2.45) is 0 Å². The fraction of sp³-hybridized carbons (Fsp3) is 0. The van der Waals surface area contributed by atoms with E-state index in [-0.39, 0.29) is 5.69 Å². The average Bonchev–Trinajstić information content (AvgIpc) is 2.40. The summed E-state index contributed by atoms with van der Waals surface area (Å²) in [4.78, 5) is 0. The molecule has 5 heteroatoms. The van der Waals surface area contributed by atoms with E-state index in [2.05, 4.69) is 4.72 Å². The first-order valence-electron chi connectivity index (χ1n) is 5.57. The van der Waals surface area contributed by atoms with Gasteiger partial charge in [0.25, 0.3) is 10.0 Å². The molecule has 0 amide bonds. The van der Waals surface area contributed by atoms with Gasteiger partial charge >= 0.3 is 0 Å². The van der Waals surface area contributed by atoms with Gasteiger partial charge in [-0.05, 0) is 23.8 Å². The van der Waals surface area contributed by atoms with Gasteiger partial charge in [-0.15, -0.1) is 0 Å². The van der Waals surface area contributed by atoms with Gasteiger partial charge in [-0.1, -0.05) is 42.5 Å². The fourth-order valence-corrected chi connectivity index (χ4v) is 2.34. The number of para-hydroxylation sites is 1. The van der Waals surface area contributed by atoms with Crippen molar-refractivity contribution < 1.29 is 12.8 Å². The van der Waals surface area contributed by atoms with Gasteiger partial charge in [0.05, 0.1) is 11.1 Å². The van der Waals surface area contributed by atoms with Crippen LogP contribution in [0.25, 0.3) is 6.08 Å². The van der Waals surface area contributed by atoms with Crippen molar-refractivity contribution in [2.45, 2.75) is 0 Å². The molecule has 1 N–H and O–H groups in total. The average molecular weight is 277 g/mol. The van der Waals surface area contributed by atoms with E-state index in [0.29, 0.717) is 0 Å². The zero-order chi connectivity index (χ0) is 13.7. The van der Waals surface area contributed by atoms with Gasteiger partial charge in [-0.2, -0.15) is 0 Å². The molecule has 0 heterocycles. The molecule has 3 nitrogen and oxygen atoms in total. The predicted octanol–water partition coefficient (Wildman–Crippen LogP) is 3.24. The second-order valence-electron chi connectivity index (χ2n) is 3.84. The molecule has 0 atom stereocenters. The minimum Gasteiger partial charge on any atom is -0.277 e. The van der Waals surface area contributed by atoms with Gasteiger partial charge in [-0.25, -0.2) is 12.8 Å². The smallest absolute Gasteiger partial charge is 0.255 e. The van der Waals surface area contributed by atoms with Gasteiger partial charge in [-0.3, -0.25) is 4.72 Å². The molecule has 0 spiro atoms. The van der Waals surface area contributed by atoms with Gasteiger partial charge < -0.3 is 0 Å². The summed E-state index contributed by atoms with van der Waals surface area (Å²) in [5, 5.41) is 1.01. The van der Waals surface area contributed by atoms with Crippen LogP contribution in [0.15, 0.2) is 60.0 Å². The Bertz CT molecular complexity index is 682. The van der Waals surface area contributed by atoms with Gasteiger partial charge in [0.2, 0.25) is 0 Å². The number of hydrogen-bond donors (Lipinski definition) is 1. The van der Waals surface area contributed by atoms with E-state index in [0.717, 1.165) is 11.0 Å². The maximum atomic E-state index is 13.3. The minimum absolute atomic E-state index is 0.0692. The minimum atomic E-state index is -3.73. The highest BCUT2D eigenvalue weighted by atomic mass is 32.2. The number of sulfonamides is 1. The van der Waals surface area contributed by atoms with E-state index in [4.69, 9.17) is 0 Å². The van der Waals surface area contributed by atoms with Crippen LogP contribution in [0.4, 0.5) is 10.1 Å². The zero-order valence-electron chi connectivity index (χ0n) is 9.95.